The highest BCUT2D eigenvalue weighted by atomic mass is 35.5. The van der Waals surface area contributed by atoms with Crippen molar-refractivity contribution in [2.45, 2.75) is 44.5 Å². The molecule has 0 amide bonds. The minimum Gasteiger partial charge on any atom is -0.425 e. The van der Waals surface area contributed by atoms with Crippen molar-refractivity contribution < 1.29 is 27.4 Å². The van der Waals surface area contributed by atoms with Crippen molar-refractivity contribution >= 4 is 22.8 Å². The van der Waals surface area contributed by atoms with Crippen molar-refractivity contribution in [3.8, 4) is 17.5 Å². The van der Waals surface area contributed by atoms with Crippen molar-refractivity contribution in [3.63, 3.8) is 0 Å². The molecular weight excluding hydrogens is 601 g/mol. The van der Waals surface area contributed by atoms with Gasteiger partial charge < -0.3 is 14.2 Å². The van der Waals surface area contributed by atoms with E-state index in [0.717, 1.165) is 23.3 Å². The lowest BCUT2D eigenvalue weighted by atomic mass is 9.89. The van der Waals surface area contributed by atoms with E-state index in [1.165, 1.54) is 32.9 Å². The van der Waals surface area contributed by atoms with Gasteiger partial charge in [-0.2, -0.15) is 4.98 Å². The van der Waals surface area contributed by atoms with E-state index in [0.29, 0.717) is 24.5 Å². The molecule has 0 radical (unpaired) electrons. The van der Waals surface area contributed by atoms with E-state index in [9.17, 15) is 22.8 Å². The third kappa shape index (κ3) is 6.22. The van der Waals surface area contributed by atoms with Crippen LogP contribution in [0.25, 0.3) is 11.2 Å². The molecule has 228 valence electrons. The molecule has 0 N–H and O–H groups in total. The summed E-state index contributed by atoms with van der Waals surface area (Å²) in [7, 11) is 1.50. The van der Waals surface area contributed by atoms with Gasteiger partial charge in [0.05, 0.1) is 19.3 Å². The average Bonchev–Trinajstić information content (AvgIpc) is 3.31. The molecule has 0 saturated heterocycles. The highest BCUT2D eigenvalue weighted by molar-refractivity contribution is 6.30. The minimum absolute atomic E-state index is 0.0119. The van der Waals surface area contributed by atoms with Gasteiger partial charge in [-0.15, -0.1) is 13.2 Å². The van der Waals surface area contributed by atoms with E-state index >= 15 is 0 Å². The molecule has 5 aromatic rings. The van der Waals surface area contributed by atoms with Crippen LogP contribution in [0.3, 0.4) is 0 Å². The van der Waals surface area contributed by atoms with Crippen LogP contribution < -0.4 is 20.7 Å². The van der Waals surface area contributed by atoms with Crippen LogP contribution in [-0.2, 0) is 24.9 Å². The zero-order valence-electron chi connectivity index (χ0n) is 23.3. The van der Waals surface area contributed by atoms with Crippen molar-refractivity contribution in [1.82, 2.24) is 18.7 Å². The number of aryl methyl sites for hydroxylation is 1. The second-order valence-electron chi connectivity index (χ2n) is 10.5. The molecule has 1 aliphatic rings. The van der Waals surface area contributed by atoms with Crippen LogP contribution in [0.2, 0.25) is 5.02 Å². The van der Waals surface area contributed by atoms with Crippen LogP contribution in [0.4, 0.5) is 13.2 Å². The Morgan fingerprint density at radius 2 is 1.64 bits per heavy atom. The normalized spacial score (nSPS) is 16.6. The Labute approximate surface area is 253 Å². The van der Waals surface area contributed by atoms with E-state index in [-0.39, 0.29) is 41.6 Å². The molecule has 1 aliphatic carbocycles. The molecule has 0 spiro atoms. The topological polar surface area (TPSA) is 89.5 Å². The van der Waals surface area contributed by atoms with Crippen LogP contribution in [0.1, 0.15) is 30.0 Å². The van der Waals surface area contributed by atoms with Gasteiger partial charge >= 0.3 is 18.1 Å². The molecule has 1 saturated carbocycles. The number of imidazole rings is 1. The first-order chi connectivity index (χ1) is 21.1. The first-order valence-electron chi connectivity index (χ1n) is 13.7. The summed E-state index contributed by atoms with van der Waals surface area (Å²) in [6.07, 6.45) is -4.05. The fraction of sp³-hybridized carbons (Fsp3) is 0.258. The van der Waals surface area contributed by atoms with E-state index < -0.39 is 23.4 Å². The summed E-state index contributed by atoms with van der Waals surface area (Å²) in [6, 6.07) is 21.1. The maximum atomic E-state index is 14.0. The van der Waals surface area contributed by atoms with Gasteiger partial charge in [-0.3, -0.25) is 18.5 Å². The first-order valence-corrected chi connectivity index (χ1v) is 14.1. The third-order valence-electron chi connectivity index (χ3n) is 7.41. The third-order valence-corrected chi connectivity index (χ3v) is 7.66. The van der Waals surface area contributed by atoms with Crippen LogP contribution in [0, 0.1) is 0 Å². The maximum absolute atomic E-state index is 14.0. The smallest absolute Gasteiger partial charge is 0.425 e. The quantitative estimate of drug-likeness (QED) is 0.193. The molecular formula is C31H26ClF3N4O5. The van der Waals surface area contributed by atoms with Gasteiger partial charge in [-0.25, -0.2) is 4.79 Å². The number of halogens is 4. The van der Waals surface area contributed by atoms with Gasteiger partial charge in [0.1, 0.15) is 11.5 Å². The van der Waals surface area contributed by atoms with Gasteiger partial charge in [-0.1, -0.05) is 60.1 Å². The zero-order chi connectivity index (χ0) is 31.0. The Morgan fingerprint density at radius 3 is 2.34 bits per heavy atom. The number of benzene rings is 3. The second-order valence-corrected chi connectivity index (χ2v) is 10.9. The Morgan fingerprint density at radius 1 is 0.932 bits per heavy atom. The molecule has 3 aromatic carbocycles. The first kappa shape index (κ1) is 29.5. The molecule has 1 fully saturated rings. The predicted molar refractivity (Wildman–Crippen MR) is 156 cm³/mol. The number of nitrogens with zero attached hydrogens (tertiary/aromatic N) is 4. The molecule has 0 atom stereocenters. The van der Waals surface area contributed by atoms with Crippen molar-refractivity contribution in [1.29, 1.82) is 0 Å². The van der Waals surface area contributed by atoms with E-state index in [2.05, 4.69) is 9.72 Å². The van der Waals surface area contributed by atoms with Gasteiger partial charge in [0.25, 0.3) is 5.56 Å². The molecule has 0 unspecified atom stereocenters. The largest absolute Gasteiger partial charge is 0.573 e. The molecule has 2 heterocycles. The van der Waals surface area contributed by atoms with E-state index in [1.807, 2.05) is 30.3 Å². The molecule has 0 aliphatic heterocycles. The molecule has 0 bridgehead atoms. The zero-order valence-corrected chi connectivity index (χ0v) is 24.1. The van der Waals surface area contributed by atoms with Crippen LogP contribution in [0.15, 0.2) is 88.5 Å². The number of alkyl halides is 3. The standard InChI is InChI=1S/C31H26ClF3N4O5/c1-37-27-26(28(40)39(30(37)41)22-14-25(15-22)42-18-20-6-3-2-4-7-20)38(17-19-10-12-21(32)13-11-19)29(36-27)43-23-8-5-9-24(16-23)44-31(33,34)35/h2-13,16,22,25H,14-15,17-18H2,1H3. The van der Waals surface area contributed by atoms with E-state index in [1.54, 1.807) is 24.3 Å². The number of aromatic nitrogens is 4. The lowest BCUT2D eigenvalue weighted by molar-refractivity contribution is -0.274. The molecule has 2 aromatic heterocycles. The summed E-state index contributed by atoms with van der Waals surface area (Å²) in [5.41, 5.74) is 0.843. The van der Waals surface area contributed by atoms with E-state index in [4.69, 9.17) is 21.1 Å². The second kappa shape index (κ2) is 11.9. The molecule has 13 heteroatoms. The monoisotopic (exact) mass is 626 g/mol. The maximum Gasteiger partial charge on any atom is 0.573 e. The fourth-order valence-corrected chi connectivity index (χ4v) is 5.28. The fourth-order valence-electron chi connectivity index (χ4n) is 5.15. The summed E-state index contributed by atoms with van der Waals surface area (Å²) >= 11 is 6.06. The van der Waals surface area contributed by atoms with Gasteiger partial charge in [-0.05, 0) is 48.2 Å². The van der Waals surface area contributed by atoms with Crippen LogP contribution in [0.5, 0.6) is 17.5 Å². The molecule has 6 rings (SSSR count). The van der Waals surface area contributed by atoms with Crippen LogP contribution in [-0.4, -0.2) is 31.2 Å². The highest BCUT2D eigenvalue weighted by Gasteiger charge is 2.35. The lowest BCUT2D eigenvalue weighted by Gasteiger charge is -2.35. The Balaban J connectivity index is 1.36. The minimum atomic E-state index is -4.89. The number of rotatable bonds is 9. The lowest BCUT2D eigenvalue weighted by Crippen LogP contribution is -2.47. The van der Waals surface area contributed by atoms with Crippen LogP contribution >= 0.6 is 11.6 Å². The van der Waals surface area contributed by atoms with Gasteiger partial charge in [0, 0.05) is 24.2 Å². The molecule has 9 nitrogen and oxygen atoms in total. The number of fused-ring (bicyclic) bond motifs is 1. The van der Waals surface area contributed by atoms with Gasteiger partial charge in [0.15, 0.2) is 11.2 Å². The Bertz CT molecular complexity index is 1910. The number of hydrogen-bond donors (Lipinski definition) is 0. The van der Waals surface area contributed by atoms with Crippen molar-refractivity contribution in [3.05, 3.63) is 116 Å². The highest BCUT2D eigenvalue weighted by Crippen LogP contribution is 2.34. The van der Waals surface area contributed by atoms with Gasteiger partial charge in [0.2, 0.25) is 0 Å². The number of ether oxygens (including phenoxy) is 3. The number of hydrogen-bond acceptors (Lipinski definition) is 6. The summed E-state index contributed by atoms with van der Waals surface area (Å²) in [5.74, 6) is -0.499. The average molecular weight is 627 g/mol. The molecule has 44 heavy (non-hydrogen) atoms. The van der Waals surface area contributed by atoms with Crippen molar-refractivity contribution in [2.75, 3.05) is 0 Å². The summed E-state index contributed by atoms with van der Waals surface area (Å²) in [6.45, 7) is 0.524. The Hall–Kier alpha value is -4.55. The summed E-state index contributed by atoms with van der Waals surface area (Å²) in [4.78, 5) is 31.9. The predicted octanol–water partition coefficient (Wildman–Crippen LogP) is 6.21. The SMILES string of the molecule is Cn1c(=O)n(C2CC(OCc3ccccc3)C2)c(=O)c2c1nc(Oc1cccc(OC(F)(F)F)c1)n2Cc1ccc(Cl)cc1. The Kier molecular flexibility index (Phi) is 7.95. The summed E-state index contributed by atoms with van der Waals surface area (Å²) < 4.78 is 58.3. The summed E-state index contributed by atoms with van der Waals surface area (Å²) in [5, 5.41) is 0.515. The van der Waals surface area contributed by atoms with Crippen molar-refractivity contribution in [2.24, 2.45) is 7.05 Å².